The number of carboxylic acids is 4. The second-order valence-electron chi connectivity index (χ2n) is 30.5. The Balaban J connectivity index is 0.813. The van der Waals surface area contributed by atoms with E-state index in [-0.39, 0.29) is 113 Å². The summed E-state index contributed by atoms with van der Waals surface area (Å²) in [6.45, 7) is 9.47. The van der Waals surface area contributed by atoms with Gasteiger partial charge in [-0.15, -0.1) is 0 Å². The average Bonchev–Trinajstić information content (AvgIpc) is 1.60. The van der Waals surface area contributed by atoms with Gasteiger partial charge in [0.05, 0.1) is 37.7 Å². The van der Waals surface area contributed by atoms with Crippen molar-refractivity contribution in [1.29, 1.82) is 0 Å². The Morgan fingerprint density at radius 1 is 0.484 bits per heavy atom. The van der Waals surface area contributed by atoms with Crippen molar-refractivity contribution >= 4 is 163 Å². The predicted molar refractivity (Wildman–Crippen MR) is 461 cm³/mol. The maximum atomic E-state index is 14.5. The van der Waals surface area contributed by atoms with Crippen LogP contribution in [-0.4, -0.2) is 228 Å². The van der Waals surface area contributed by atoms with Crippen LogP contribution >= 0.6 is 43.2 Å². The van der Waals surface area contributed by atoms with Crippen LogP contribution in [0.1, 0.15) is 139 Å². The minimum absolute atomic E-state index is 0.0196. The fourth-order valence-electron chi connectivity index (χ4n) is 13.2. The predicted octanol–water partition coefficient (Wildman–Crippen LogP) is 1.24. The number of hydrogen-bond acceptors (Lipinski definition) is 30. The molecule has 664 valence electrons. The number of rotatable bonds is 50. The second-order valence-corrected chi connectivity index (χ2v) is 35.6. The van der Waals surface area contributed by atoms with Gasteiger partial charge in [-0.1, -0.05) is 21.6 Å². The van der Waals surface area contributed by atoms with E-state index in [9.17, 15) is 102 Å². The molecule has 126 heavy (non-hydrogen) atoms. The Labute approximate surface area is 736 Å². The number of carboxylic acid groups (broad SMARTS) is 4. The second kappa shape index (κ2) is 45.8. The number of benzene rings is 3. The number of nitrogens with one attached hydrogen (secondary N) is 12. The van der Waals surface area contributed by atoms with Gasteiger partial charge in [-0.05, 0) is 37.6 Å². The zero-order valence-electron chi connectivity index (χ0n) is 68.5. The Hall–Kier alpha value is -12.7. The van der Waals surface area contributed by atoms with E-state index in [1.807, 2.05) is 38.3 Å². The third-order valence-corrected chi connectivity index (χ3v) is 24.8. The molecule has 0 spiro atoms. The number of nitrogens with zero attached hydrogens (tertiary/aromatic N) is 7. The molecule has 2 aliphatic rings. The molecule has 4 heterocycles. The van der Waals surface area contributed by atoms with Crippen molar-refractivity contribution in [3.63, 3.8) is 0 Å². The number of carbonyl (C=O) groups excluding carboxylic acids is 10. The first-order valence-electron chi connectivity index (χ1n) is 39.5. The van der Waals surface area contributed by atoms with Crippen molar-refractivity contribution in [2.45, 2.75) is 170 Å². The molecule has 2 saturated carbocycles. The van der Waals surface area contributed by atoms with E-state index in [2.05, 4.69) is 87.7 Å². The van der Waals surface area contributed by atoms with Gasteiger partial charge in [-0.25, -0.2) is 14.8 Å². The molecule has 2 aliphatic carbocycles. The summed E-state index contributed by atoms with van der Waals surface area (Å²) in [4.78, 5) is 232. The van der Waals surface area contributed by atoms with Crippen LogP contribution in [-0.2, 0) is 93.0 Å². The van der Waals surface area contributed by atoms with Crippen LogP contribution < -0.4 is 69.8 Å². The van der Waals surface area contributed by atoms with Crippen molar-refractivity contribution < 1.29 is 97.0 Å². The van der Waals surface area contributed by atoms with E-state index in [4.69, 9.17) is 5.73 Å². The molecule has 41 nitrogen and oxygen atoms in total. The van der Waals surface area contributed by atoms with Crippen molar-refractivity contribution in [2.75, 3.05) is 22.6 Å². The quantitative estimate of drug-likeness (QED) is 0.0145. The van der Waals surface area contributed by atoms with Gasteiger partial charge in [0.2, 0.25) is 35.5 Å². The molecule has 9 rings (SSSR count). The number of H-pyrrole nitrogens is 1. The molecular formula is C79H92B2N20O21S4. The Bertz CT molecular complexity index is 5220. The van der Waals surface area contributed by atoms with Crippen LogP contribution in [0.2, 0.25) is 0 Å². The molecule has 47 heteroatoms. The summed E-state index contributed by atoms with van der Waals surface area (Å²) in [6, 6.07) is 11.0. The maximum absolute atomic E-state index is 14.5. The number of hydrogen-bond donors (Lipinski definition) is 17. The molecular weight excluding hydrogens is 1710 g/mol. The van der Waals surface area contributed by atoms with Gasteiger partial charge >= 0.3 is 384 Å². The molecule has 2 fully saturated rings. The van der Waals surface area contributed by atoms with Crippen LogP contribution in [0.5, 0.6) is 0 Å². The van der Waals surface area contributed by atoms with Gasteiger partial charge in [0, 0.05) is 35.2 Å². The van der Waals surface area contributed by atoms with Crippen molar-refractivity contribution in [2.24, 2.45) is 23.7 Å². The number of fused-ring (bicyclic) bond motifs is 1. The molecule has 18 N–H and O–H groups in total. The SMILES string of the molecule is CC(C)[C@@H]1CC1(B=O)NC(=O)[C@H](Cc1ccccc1)NC(=O)c1cnc(CSSC[C@H](NC(=O)[C@H](CC(=O)O)NC(=O)[C@H](CC(=O)O)NC(=O)[C@H](CC(=O)O)NC(=O)[C@H](CSSCc2cnc(C(=O)N[C@@H](Cc3ccccc3)C(=O)NC3(B=O)C[C@H]3C(C)C)cn2)NC(=O)CC[C@@H](C)NC(=O)c2ccc(NCc3cnc4nc(N)[nH]c(=O)c4n3)cc2)C(=O)O)cn1. The molecule has 0 saturated heterocycles. The van der Waals surface area contributed by atoms with Gasteiger partial charge in [0.15, 0.2) is 11.2 Å². The molecule has 0 radical (unpaired) electrons. The van der Waals surface area contributed by atoms with E-state index < -0.39 is 173 Å². The number of aromatic nitrogens is 8. The van der Waals surface area contributed by atoms with E-state index in [1.54, 1.807) is 79.7 Å². The molecule has 4 aromatic heterocycles. The summed E-state index contributed by atoms with van der Waals surface area (Å²) >= 11 is 0. The molecule has 2 unspecified atom stereocenters. The first kappa shape index (κ1) is 97.2. The molecule has 12 atom stereocenters. The van der Waals surface area contributed by atoms with Crippen molar-refractivity contribution in [3.05, 3.63) is 171 Å². The Morgan fingerprint density at radius 2 is 0.921 bits per heavy atom. The standard InChI is InChI=1S/C79H92B2N20O21S4/c1-39(2)49-27-78(49,80-121)100-73(116)51(22-42-12-8-6-9-13-42)92-70(113)56-33-84-47(31-86-56)35-123-125-37-58(91-60(102)21-16-41(5)89-66(109)44-17-19-45(20-18-44)83-29-46-30-88-65-64(90-46)75(118)99-77(82)98-65)72(115)96-54(25-62(105)106)68(111)94-53(24-61(103)104)67(110)95-55(26-63(107)108)69(112)97-59(76(119)120)38-126-124-36-48-32-87-57(34-85-48)71(114)93-52(23-43-14-10-7-11-15-43)74(117)101-79(81-122)28-50(79)40(3)4/h6-15,17-20,30-34,39-41,49-55,58-59,83H,16,21-29,35-38H2,1-5H3,(H,89,109)(H,91,102)(H,92,113)(H,93,114)(H,94,111)(H,95,110)(H,96,115)(H,97,112)(H,100,116)(H,101,117)(H,103,104)(H,105,106)(H,107,108)(H,119,120)(H3,82,88,98,99,118)/t41-,49+,50+,51+,52+,53+,54+,55+,58+,59+,78?,79?/m1/s1. The summed E-state index contributed by atoms with van der Waals surface area (Å²) in [5, 5.41) is 67.9. The molecule has 3 aromatic carbocycles. The van der Waals surface area contributed by atoms with Crippen LogP contribution in [0, 0.1) is 23.7 Å². The Kier molecular flexibility index (Phi) is 35.3. The zero-order valence-corrected chi connectivity index (χ0v) is 71.8. The Morgan fingerprint density at radius 3 is 1.33 bits per heavy atom. The number of aromatic amines is 1. The van der Waals surface area contributed by atoms with Gasteiger partial charge < -0.3 is 63.4 Å². The van der Waals surface area contributed by atoms with E-state index >= 15 is 0 Å². The number of anilines is 2. The average molecular weight is 1810 g/mol. The fraction of sp³-hybridized carbons (Fsp3) is 0.418. The topological polar surface area (TPSA) is 635 Å². The van der Waals surface area contributed by atoms with Crippen LogP contribution in [0.3, 0.4) is 0 Å². The monoisotopic (exact) mass is 1810 g/mol. The third kappa shape index (κ3) is 29.0. The number of amides is 10. The normalized spacial score (nSPS) is 17.3. The van der Waals surface area contributed by atoms with Gasteiger partial charge in [0.1, 0.15) is 30.2 Å². The number of nitrogen functional groups attached to an aromatic ring is 1. The zero-order chi connectivity index (χ0) is 91.5. The summed E-state index contributed by atoms with van der Waals surface area (Å²) in [6.07, 6.45) is 3.10. The number of nitrogens with two attached hydrogens (primary N) is 1. The van der Waals surface area contributed by atoms with Crippen LogP contribution in [0.4, 0.5) is 11.6 Å². The summed E-state index contributed by atoms with van der Waals surface area (Å²) in [5.74, 6) is -17.3. The summed E-state index contributed by atoms with van der Waals surface area (Å²) in [5.41, 5.74) is 5.78. The molecule has 0 aliphatic heterocycles. The van der Waals surface area contributed by atoms with E-state index in [0.29, 0.717) is 49.8 Å². The number of aliphatic carboxylic acids is 4. The number of carbonyl (C=O) groups is 14. The first-order chi connectivity index (χ1) is 60.0. The van der Waals surface area contributed by atoms with Crippen molar-refractivity contribution in [1.82, 2.24) is 93.0 Å². The summed E-state index contributed by atoms with van der Waals surface area (Å²) < 4.78 is 24.4. The summed E-state index contributed by atoms with van der Waals surface area (Å²) in [7, 11) is 5.36. The van der Waals surface area contributed by atoms with Gasteiger partial charge in [0.25, 0.3) is 11.5 Å². The fourth-order valence-corrected chi connectivity index (χ4v) is 17.5. The van der Waals surface area contributed by atoms with Crippen LogP contribution in [0.25, 0.3) is 11.2 Å². The van der Waals surface area contributed by atoms with Crippen LogP contribution in [0.15, 0.2) is 121 Å². The first-order valence-corrected chi connectivity index (χ1v) is 44.4. The van der Waals surface area contributed by atoms with Gasteiger partial charge in [-0.2, -0.15) is 4.98 Å². The van der Waals surface area contributed by atoms with E-state index in [0.717, 1.165) is 61.1 Å². The molecule has 7 aromatic rings. The van der Waals surface area contributed by atoms with Crippen molar-refractivity contribution in [3.8, 4) is 0 Å². The minimum atomic E-state index is -2.26. The third-order valence-electron chi connectivity index (χ3n) is 20.2. The van der Waals surface area contributed by atoms with Gasteiger partial charge in [-0.3, -0.25) is 52.9 Å². The van der Waals surface area contributed by atoms with E-state index in [1.165, 1.54) is 30.7 Å². The molecule has 10 amide bonds. The molecule has 0 bridgehead atoms.